The number of hydrogen-bond donors (Lipinski definition) is 0. The molecule has 0 spiro atoms. The highest BCUT2D eigenvalue weighted by atomic mass is 14.6. The monoisotopic (exact) mass is 200 g/mol. The molecule has 2 rings (SSSR count). The molecule has 0 bridgehead atoms. The minimum Gasteiger partial charge on any atom is -0.265 e. The van der Waals surface area contributed by atoms with Crippen molar-refractivity contribution in [3.63, 3.8) is 0 Å². The maximum absolute atomic E-state index is 4.08. The lowest BCUT2D eigenvalue weighted by atomic mass is 9.47. The lowest BCUT2D eigenvalue weighted by molar-refractivity contribution is 0.272. The fourth-order valence-corrected chi connectivity index (χ4v) is 2.43. The van der Waals surface area contributed by atoms with Crippen LogP contribution in [0.1, 0.15) is 45.5 Å². The predicted octanol–water partition coefficient (Wildman–Crippen LogP) is 3.46. The quantitative estimate of drug-likeness (QED) is 0.632. The zero-order valence-corrected chi connectivity index (χ0v) is 10.1. The van der Waals surface area contributed by atoms with Crippen LogP contribution in [0.25, 0.3) is 0 Å². The number of hydrogen-bond acceptors (Lipinski definition) is 1. The molecule has 15 heavy (non-hydrogen) atoms. The highest BCUT2D eigenvalue weighted by Crippen LogP contribution is 2.57. The third-order valence-corrected chi connectivity index (χ3v) is 4.23. The molecule has 1 nitrogen and oxygen atoms in total. The van der Waals surface area contributed by atoms with Crippen LogP contribution in [-0.4, -0.2) is 12.3 Å². The number of nitrogens with zero attached hydrogens (tertiary/aromatic N) is 1. The van der Waals surface area contributed by atoms with Crippen molar-refractivity contribution in [3.05, 3.63) is 30.1 Å². The van der Waals surface area contributed by atoms with E-state index in [1.165, 1.54) is 12.0 Å². The van der Waals surface area contributed by atoms with Crippen molar-refractivity contribution in [2.24, 2.45) is 5.41 Å². The standard InChI is InChI=1S/C13H19BN/c1-12(2)9-11(14-13(12,3)4)10-5-7-15-8-6-10/h5-8,11H,9H2,1-4H3. The Hall–Kier alpha value is -0.785. The highest BCUT2D eigenvalue weighted by molar-refractivity contribution is 6.43. The lowest BCUT2D eigenvalue weighted by Crippen LogP contribution is -2.23. The first-order chi connectivity index (χ1) is 6.92. The van der Waals surface area contributed by atoms with Crippen LogP contribution >= 0.6 is 0 Å². The number of aromatic nitrogens is 1. The van der Waals surface area contributed by atoms with E-state index in [1.54, 1.807) is 0 Å². The van der Waals surface area contributed by atoms with E-state index in [1.807, 2.05) is 12.4 Å². The van der Waals surface area contributed by atoms with E-state index in [9.17, 15) is 0 Å². The van der Waals surface area contributed by atoms with Gasteiger partial charge >= 0.3 is 0 Å². The first-order valence-corrected chi connectivity index (χ1v) is 5.68. The smallest absolute Gasteiger partial charge is 0.127 e. The molecule has 1 aliphatic heterocycles. The van der Waals surface area contributed by atoms with Crippen molar-refractivity contribution in [2.75, 3.05) is 0 Å². The molecule has 2 heterocycles. The molecule has 0 N–H and O–H groups in total. The molecule has 1 radical (unpaired) electrons. The summed E-state index contributed by atoms with van der Waals surface area (Å²) in [6, 6.07) is 4.28. The summed E-state index contributed by atoms with van der Waals surface area (Å²) in [5.41, 5.74) is 1.80. The Kier molecular flexibility index (Phi) is 2.40. The largest absolute Gasteiger partial charge is 0.265 e. The van der Waals surface area contributed by atoms with E-state index >= 15 is 0 Å². The van der Waals surface area contributed by atoms with Crippen LogP contribution in [0.4, 0.5) is 0 Å². The van der Waals surface area contributed by atoms with Crippen LogP contribution in [0.3, 0.4) is 0 Å². The minimum absolute atomic E-state index is 0.320. The van der Waals surface area contributed by atoms with Gasteiger partial charge in [-0.05, 0) is 35.3 Å². The summed E-state index contributed by atoms with van der Waals surface area (Å²) in [4.78, 5) is 4.08. The van der Waals surface area contributed by atoms with Gasteiger partial charge in [0.25, 0.3) is 0 Å². The summed E-state index contributed by atoms with van der Waals surface area (Å²) in [6.07, 6.45) is 5.02. The molecule has 1 fully saturated rings. The Labute approximate surface area is 93.6 Å². The van der Waals surface area contributed by atoms with Crippen LogP contribution in [0, 0.1) is 5.41 Å². The average molecular weight is 200 g/mol. The molecular weight excluding hydrogens is 181 g/mol. The highest BCUT2D eigenvalue weighted by Gasteiger charge is 2.47. The maximum atomic E-state index is 4.08. The normalized spacial score (nSPS) is 27.3. The van der Waals surface area contributed by atoms with Crippen molar-refractivity contribution in [2.45, 2.75) is 45.2 Å². The Bertz CT molecular complexity index is 327. The summed E-state index contributed by atoms with van der Waals surface area (Å²) >= 11 is 0. The van der Waals surface area contributed by atoms with Crippen molar-refractivity contribution in [3.8, 4) is 0 Å². The third-order valence-electron chi connectivity index (χ3n) is 4.23. The Morgan fingerprint density at radius 3 is 2.27 bits per heavy atom. The van der Waals surface area contributed by atoms with Gasteiger partial charge in [-0.15, -0.1) is 0 Å². The van der Waals surface area contributed by atoms with Crippen LogP contribution in [-0.2, 0) is 0 Å². The van der Waals surface area contributed by atoms with Crippen molar-refractivity contribution >= 4 is 7.28 Å². The summed E-state index contributed by atoms with van der Waals surface area (Å²) in [5, 5.41) is 0.320. The van der Waals surface area contributed by atoms with Gasteiger partial charge in [-0.1, -0.05) is 33.0 Å². The first-order valence-electron chi connectivity index (χ1n) is 5.68. The van der Waals surface area contributed by atoms with Gasteiger partial charge in [-0.25, -0.2) is 0 Å². The maximum Gasteiger partial charge on any atom is 0.127 e. The van der Waals surface area contributed by atoms with Gasteiger partial charge in [0.15, 0.2) is 0 Å². The van der Waals surface area contributed by atoms with Gasteiger partial charge in [-0.3, -0.25) is 4.98 Å². The van der Waals surface area contributed by atoms with E-state index < -0.39 is 0 Å². The molecule has 2 heteroatoms. The van der Waals surface area contributed by atoms with Crippen molar-refractivity contribution in [1.29, 1.82) is 0 Å². The van der Waals surface area contributed by atoms with Crippen LogP contribution in [0.15, 0.2) is 24.5 Å². The Balaban J connectivity index is 2.24. The van der Waals surface area contributed by atoms with Gasteiger partial charge in [0.2, 0.25) is 0 Å². The lowest BCUT2D eigenvalue weighted by Gasteiger charge is -2.34. The molecule has 79 valence electrons. The molecule has 0 saturated carbocycles. The van der Waals surface area contributed by atoms with E-state index in [-0.39, 0.29) is 0 Å². The van der Waals surface area contributed by atoms with Crippen LogP contribution in [0.5, 0.6) is 0 Å². The van der Waals surface area contributed by atoms with E-state index in [0.717, 1.165) is 0 Å². The Morgan fingerprint density at radius 1 is 1.20 bits per heavy atom. The van der Waals surface area contributed by atoms with Crippen molar-refractivity contribution in [1.82, 2.24) is 4.98 Å². The van der Waals surface area contributed by atoms with Gasteiger partial charge in [0.05, 0.1) is 0 Å². The molecule has 1 aromatic rings. The molecule has 1 atom stereocenters. The summed E-state index contributed by atoms with van der Waals surface area (Å²) < 4.78 is 0. The molecule has 1 saturated heterocycles. The number of pyridine rings is 1. The average Bonchev–Trinajstić information content (AvgIpc) is 2.38. The first kappa shape index (κ1) is 10.7. The van der Waals surface area contributed by atoms with Gasteiger partial charge in [0.1, 0.15) is 7.28 Å². The Morgan fingerprint density at radius 2 is 1.80 bits per heavy atom. The fraction of sp³-hybridized carbons (Fsp3) is 0.615. The SMILES string of the molecule is CC1(C)[B]C(c2ccncc2)CC1(C)C. The third kappa shape index (κ3) is 1.82. The van der Waals surface area contributed by atoms with E-state index in [4.69, 9.17) is 0 Å². The molecule has 0 aromatic carbocycles. The second-order valence-corrected chi connectivity index (χ2v) is 5.86. The van der Waals surface area contributed by atoms with Gasteiger partial charge in [-0.2, -0.15) is 0 Å². The summed E-state index contributed by atoms with van der Waals surface area (Å²) in [7, 11) is 2.50. The fourth-order valence-electron chi connectivity index (χ4n) is 2.43. The molecule has 0 aliphatic carbocycles. The van der Waals surface area contributed by atoms with E-state index in [0.29, 0.717) is 16.5 Å². The molecular formula is C13H19BN. The summed E-state index contributed by atoms with van der Waals surface area (Å²) in [6.45, 7) is 9.41. The van der Waals surface area contributed by atoms with E-state index in [2.05, 4.69) is 52.1 Å². The van der Waals surface area contributed by atoms with Gasteiger partial charge in [0, 0.05) is 12.4 Å². The molecule has 1 unspecified atom stereocenters. The molecule has 0 amide bonds. The second-order valence-electron chi connectivity index (χ2n) is 5.86. The predicted molar refractivity (Wildman–Crippen MR) is 65.2 cm³/mol. The minimum atomic E-state index is 0.320. The zero-order chi connectivity index (χ0) is 11.1. The topological polar surface area (TPSA) is 12.9 Å². The van der Waals surface area contributed by atoms with Crippen LogP contribution < -0.4 is 0 Å². The molecule has 1 aromatic heterocycles. The second kappa shape index (κ2) is 3.36. The van der Waals surface area contributed by atoms with Crippen molar-refractivity contribution < 1.29 is 0 Å². The summed E-state index contributed by atoms with van der Waals surface area (Å²) in [5.74, 6) is 0.595. The number of rotatable bonds is 1. The van der Waals surface area contributed by atoms with Crippen LogP contribution in [0.2, 0.25) is 5.31 Å². The van der Waals surface area contributed by atoms with Gasteiger partial charge < -0.3 is 0 Å². The zero-order valence-electron chi connectivity index (χ0n) is 10.1. The molecule has 1 aliphatic rings.